The van der Waals surface area contributed by atoms with Crippen LogP contribution in [0.1, 0.15) is 15.9 Å². The molecule has 0 radical (unpaired) electrons. The first-order chi connectivity index (χ1) is 10.8. The van der Waals surface area contributed by atoms with Gasteiger partial charge < -0.3 is 5.32 Å². The Hall–Kier alpha value is -2.74. The maximum absolute atomic E-state index is 12.1. The van der Waals surface area contributed by atoms with Gasteiger partial charge in [-0.2, -0.15) is 0 Å². The van der Waals surface area contributed by atoms with Crippen molar-refractivity contribution in [3.63, 3.8) is 0 Å². The molecule has 0 bridgehead atoms. The van der Waals surface area contributed by atoms with Gasteiger partial charge in [0.2, 0.25) is 0 Å². The number of benzene rings is 2. The minimum atomic E-state index is -3.38. The molecule has 0 unspecified atom stereocenters. The first kappa shape index (κ1) is 16.6. The van der Waals surface area contributed by atoms with Gasteiger partial charge in [0.1, 0.15) is 0 Å². The second-order valence-electron chi connectivity index (χ2n) is 4.91. The van der Waals surface area contributed by atoms with E-state index in [1.807, 2.05) is 0 Å². The van der Waals surface area contributed by atoms with Crippen molar-refractivity contribution in [2.24, 2.45) is 0 Å². The Bertz CT molecular complexity index is 844. The number of sulfone groups is 1. The normalized spacial score (nSPS) is 11.0. The van der Waals surface area contributed by atoms with E-state index in [4.69, 9.17) is 0 Å². The quantitative estimate of drug-likeness (QED) is 0.664. The molecule has 0 aliphatic rings. The third kappa shape index (κ3) is 4.36. The Labute approximate surface area is 133 Å². The molecular weight excluding hydrogens is 320 g/mol. The highest BCUT2D eigenvalue weighted by molar-refractivity contribution is 7.90. The van der Waals surface area contributed by atoms with Gasteiger partial charge in [0.25, 0.3) is 11.6 Å². The van der Waals surface area contributed by atoms with Crippen molar-refractivity contribution in [3.05, 3.63) is 69.8 Å². The summed E-state index contributed by atoms with van der Waals surface area (Å²) in [5, 5.41) is 13.2. The minimum absolute atomic E-state index is 0.0269. The summed E-state index contributed by atoms with van der Waals surface area (Å²) in [6, 6.07) is 11.5. The smallest absolute Gasteiger partial charge is 0.269 e. The maximum atomic E-state index is 12.1. The molecule has 0 saturated carbocycles. The first-order valence-electron chi connectivity index (χ1n) is 6.59. The second-order valence-corrected chi connectivity index (χ2v) is 6.92. The van der Waals surface area contributed by atoms with Crippen molar-refractivity contribution in [1.29, 1.82) is 0 Å². The van der Waals surface area contributed by atoms with Crippen LogP contribution in [0.15, 0.2) is 53.4 Å². The maximum Gasteiger partial charge on any atom is 0.269 e. The average Bonchev–Trinajstić information content (AvgIpc) is 2.52. The first-order valence-corrected chi connectivity index (χ1v) is 8.48. The summed E-state index contributed by atoms with van der Waals surface area (Å²) in [5.41, 5.74) is 0.902. The van der Waals surface area contributed by atoms with Crippen LogP contribution in [-0.4, -0.2) is 25.5 Å². The number of nitro groups is 1. The summed E-state index contributed by atoms with van der Waals surface area (Å²) in [7, 11) is -3.38. The monoisotopic (exact) mass is 334 g/mol. The van der Waals surface area contributed by atoms with Gasteiger partial charge in [0.05, 0.1) is 9.82 Å². The molecule has 8 heteroatoms. The van der Waals surface area contributed by atoms with Gasteiger partial charge in [-0.05, 0) is 23.8 Å². The molecule has 0 aromatic heterocycles. The molecule has 7 nitrogen and oxygen atoms in total. The van der Waals surface area contributed by atoms with E-state index in [2.05, 4.69) is 5.32 Å². The van der Waals surface area contributed by atoms with Gasteiger partial charge in [0, 0.05) is 30.5 Å². The summed E-state index contributed by atoms with van der Waals surface area (Å²) >= 11 is 0. The molecule has 2 aromatic carbocycles. The number of carbonyl (C=O) groups excluding carboxylic acids is 1. The SMILES string of the molecule is CS(=O)(=O)c1cccc(C(=O)NCc2ccc([N+](=O)[O-])cc2)c1. The fourth-order valence-electron chi connectivity index (χ4n) is 1.89. The molecule has 1 N–H and O–H groups in total. The Morgan fingerprint density at radius 2 is 1.83 bits per heavy atom. The highest BCUT2D eigenvalue weighted by Gasteiger charge is 2.11. The number of hydrogen-bond acceptors (Lipinski definition) is 5. The lowest BCUT2D eigenvalue weighted by Crippen LogP contribution is -2.23. The molecule has 0 heterocycles. The molecule has 23 heavy (non-hydrogen) atoms. The van der Waals surface area contributed by atoms with E-state index in [9.17, 15) is 23.3 Å². The summed E-state index contributed by atoms with van der Waals surface area (Å²) in [6.07, 6.45) is 1.07. The number of rotatable bonds is 5. The predicted octanol–water partition coefficient (Wildman–Crippen LogP) is 1.93. The largest absolute Gasteiger partial charge is 0.348 e. The van der Waals surface area contributed by atoms with Crippen LogP contribution in [-0.2, 0) is 16.4 Å². The van der Waals surface area contributed by atoms with Crippen molar-refractivity contribution in [2.75, 3.05) is 6.26 Å². The van der Waals surface area contributed by atoms with Crippen molar-refractivity contribution < 1.29 is 18.1 Å². The Kier molecular flexibility index (Phi) is 4.75. The predicted molar refractivity (Wildman–Crippen MR) is 83.8 cm³/mol. The number of nitrogens with zero attached hydrogens (tertiary/aromatic N) is 1. The minimum Gasteiger partial charge on any atom is -0.348 e. The number of nitro benzene ring substituents is 1. The number of amides is 1. The molecule has 0 aliphatic heterocycles. The third-order valence-electron chi connectivity index (χ3n) is 3.12. The fraction of sp³-hybridized carbons (Fsp3) is 0.133. The molecule has 0 fully saturated rings. The van der Waals surface area contributed by atoms with Crippen molar-refractivity contribution in [3.8, 4) is 0 Å². The van der Waals surface area contributed by atoms with E-state index in [-0.39, 0.29) is 22.7 Å². The van der Waals surface area contributed by atoms with Crippen LogP contribution in [0.3, 0.4) is 0 Å². The molecule has 2 aromatic rings. The van der Waals surface area contributed by atoms with E-state index in [0.717, 1.165) is 6.26 Å². The number of non-ortho nitro benzene ring substituents is 1. The lowest BCUT2D eigenvalue weighted by molar-refractivity contribution is -0.384. The lowest BCUT2D eigenvalue weighted by Gasteiger charge is -2.06. The second kappa shape index (κ2) is 6.57. The lowest BCUT2D eigenvalue weighted by atomic mass is 10.2. The molecule has 1 amide bonds. The van der Waals surface area contributed by atoms with Crippen LogP contribution in [0.5, 0.6) is 0 Å². The summed E-state index contributed by atoms with van der Waals surface area (Å²) in [5.74, 6) is -0.422. The molecule has 0 aliphatic carbocycles. The summed E-state index contributed by atoms with van der Waals surface area (Å²) in [6.45, 7) is 0.180. The topological polar surface area (TPSA) is 106 Å². The Morgan fingerprint density at radius 3 is 2.39 bits per heavy atom. The number of hydrogen-bond donors (Lipinski definition) is 1. The van der Waals surface area contributed by atoms with E-state index in [1.165, 1.54) is 36.4 Å². The Morgan fingerprint density at radius 1 is 1.17 bits per heavy atom. The zero-order valence-electron chi connectivity index (χ0n) is 12.2. The van der Waals surface area contributed by atoms with Crippen LogP contribution in [0.25, 0.3) is 0 Å². The van der Waals surface area contributed by atoms with Crippen LogP contribution < -0.4 is 5.32 Å². The number of carbonyl (C=O) groups is 1. The number of nitrogens with one attached hydrogen (secondary N) is 1. The molecule has 0 saturated heterocycles. The highest BCUT2D eigenvalue weighted by atomic mass is 32.2. The van der Waals surface area contributed by atoms with Crippen LogP contribution in [0, 0.1) is 10.1 Å². The standard InChI is InChI=1S/C15H14N2O5S/c1-23(21,22)14-4-2-3-12(9-14)15(18)16-10-11-5-7-13(8-6-11)17(19)20/h2-9H,10H2,1H3,(H,16,18). The van der Waals surface area contributed by atoms with E-state index in [1.54, 1.807) is 12.1 Å². The zero-order chi connectivity index (χ0) is 17.0. The zero-order valence-corrected chi connectivity index (χ0v) is 13.0. The fourth-order valence-corrected chi connectivity index (χ4v) is 2.55. The van der Waals surface area contributed by atoms with Gasteiger partial charge >= 0.3 is 0 Å². The van der Waals surface area contributed by atoms with Gasteiger partial charge in [-0.15, -0.1) is 0 Å². The van der Waals surface area contributed by atoms with Crippen LogP contribution >= 0.6 is 0 Å². The third-order valence-corrected chi connectivity index (χ3v) is 4.23. The van der Waals surface area contributed by atoms with Crippen molar-refractivity contribution >= 4 is 21.4 Å². The summed E-state index contributed by atoms with van der Waals surface area (Å²) < 4.78 is 23.0. The van der Waals surface area contributed by atoms with Crippen LogP contribution in [0.2, 0.25) is 0 Å². The molecule has 2 rings (SSSR count). The average molecular weight is 334 g/mol. The Balaban J connectivity index is 2.06. The molecule has 0 spiro atoms. The highest BCUT2D eigenvalue weighted by Crippen LogP contribution is 2.13. The molecule has 0 atom stereocenters. The van der Waals surface area contributed by atoms with Gasteiger partial charge in [0.15, 0.2) is 9.84 Å². The van der Waals surface area contributed by atoms with Crippen molar-refractivity contribution in [1.82, 2.24) is 5.32 Å². The van der Waals surface area contributed by atoms with E-state index < -0.39 is 20.7 Å². The molecule has 120 valence electrons. The van der Waals surface area contributed by atoms with Crippen LogP contribution in [0.4, 0.5) is 5.69 Å². The van der Waals surface area contributed by atoms with Gasteiger partial charge in [-0.1, -0.05) is 18.2 Å². The van der Waals surface area contributed by atoms with E-state index in [0.29, 0.717) is 5.56 Å². The molecular formula is C15H14N2O5S. The van der Waals surface area contributed by atoms with E-state index >= 15 is 0 Å². The summed E-state index contributed by atoms with van der Waals surface area (Å²) in [4.78, 5) is 22.2. The van der Waals surface area contributed by atoms with Gasteiger partial charge in [-0.25, -0.2) is 8.42 Å². The van der Waals surface area contributed by atoms with Crippen molar-refractivity contribution in [2.45, 2.75) is 11.4 Å². The van der Waals surface area contributed by atoms with Gasteiger partial charge in [-0.3, -0.25) is 14.9 Å².